The highest BCUT2D eigenvalue weighted by Crippen LogP contribution is 2.25. The Morgan fingerprint density at radius 2 is 1.81 bits per heavy atom. The maximum Gasteiger partial charge on any atom is 0.220 e. The van der Waals surface area contributed by atoms with Crippen LogP contribution in [0.3, 0.4) is 0 Å². The number of guanidine groups is 1. The van der Waals surface area contributed by atoms with Gasteiger partial charge in [-0.1, -0.05) is 43.5 Å². The number of amides is 1. The third-order valence-corrected chi connectivity index (χ3v) is 5.62. The van der Waals surface area contributed by atoms with Gasteiger partial charge in [-0.3, -0.25) is 14.5 Å². The first kappa shape index (κ1) is 25.2. The van der Waals surface area contributed by atoms with Crippen molar-refractivity contribution in [3.05, 3.63) is 53.9 Å². The molecule has 1 saturated carbocycles. The second-order valence-electron chi connectivity index (χ2n) is 7.88. The number of halogens is 1. The fraction of sp³-hybridized carbons (Fsp3) is 0.522. The molecule has 0 saturated heterocycles. The van der Waals surface area contributed by atoms with Crippen LogP contribution in [0.25, 0.3) is 0 Å². The Bertz CT molecular complexity index is 802. The maximum atomic E-state index is 12.1. The summed E-state index contributed by atoms with van der Waals surface area (Å²) in [6.45, 7) is 2.65. The largest absolute Gasteiger partial charge is 0.355 e. The number of aromatic nitrogens is 2. The van der Waals surface area contributed by atoms with Crippen molar-refractivity contribution in [2.24, 2.45) is 10.9 Å². The molecule has 0 unspecified atom stereocenters. The molecule has 1 aromatic carbocycles. The normalized spacial score (nSPS) is 14.5. The molecule has 0 bridgehead atoms. The molecule has 170 valence electrons. The smallest absolute Gasteiger partial charge is 0.220 e. The Morgan fingerprint density at radius 1 is 1.06 bits per heavy atom. The summed E-state index contributed by atoms with van der Waals surface area (Å²) in [5.41, 5.74) is 2.43. The molecule has 7 nitrogen and oxygen atoms in total. The van der Waals surface area contributed by atoms with Gasteiger partial charge in [0.25, 0.3) is 0 Å². The summed E-state index contributed by atoms with van der Waals surface area (Å²) in [7, 11) is 1.76. The number of carbonyl (C=O) groups excluding carboxylic acids is 1. The summed E-state index contributed by atoms with van der Waals surface area (Å²) in [4.78, 5) is 16.4. The van der Waals surface area contributed by atoms with Crippen molar-refractivity contribution in [1.29, 1.82) is 0 Å². The van der Waals surface area contributed by atoms with Gasteiger partial charge in [-0.15, -0.1) is 24.0 Å². The van der Waals surface area contributed by atoms with E-state index >= 15 is 0 Å². The summed E-state index contributed by atoms with van der Waals surface area (Å²) in [5.74, 6) is 1.47. The first-order valence-corrected chi connectivity index (χ1v) is 11.0. The van der Waals surface area contributed by atoms with Gasteiger partial charge in [0.2, 0.25) is 5.91 Å². The number of aliphatic imine (C=N–C) groups is 1. The van der Waals surface area contributed by atoms with E-state index in [9.17, 15) is 4.79 Å². The lowest BCUT2D eigenvalue weighted by Crippen LogP contribution is -2.41. The lowest BCUT2D eigenvalue weighted by Gasteiger charge is -2.21. The lowest BCUT2D eigenvalue weighted by atomic mass is 9.87. The van der Waals surface area contributed by atoms with Gasteiger partial charge in [-0.05, 0) is 36.0 Å². The van der Waals surface area contributed by atoms with E-state index in [2.05, 4.69) is 38.2 Å². The molecule has 3 rings (SSSR count). The van der Waals surface area contributed by atoms with Gasteiger partial charge in [0.05, 0.1) is 6.54 Å². The number of carbonyl (C=O) groups is 1. The van der Waals surface area contributed by atoms with E-state index in [1.54, 1.807) is 13.2 Å². The molecule has 0 aliphatic heterocycles. The van der Waals surface area contributed by atoms with Gasteiger partial charge in [0, 0.05) is 45.5 Å². The fourth-order valence-electron chi connectivity index (χ4n) is 3.96. The van der Waals surface area contributed by atoms with Gasteiger partial charge < -0.3 is 16.0 Å². The minimum atomic E-state index is 0. The van der Waals surface area contributed by atoms with Crippen molar-refractivity contribution in [2.45, 2.75) is 51.6 Å². The van der Waals surface area contributed by atoms with Crippen molar-refractivity contribution >= 4 is 35.8 Å². The Morgan fingerprint density at radius 3 is 2.52 bits per heavy atom. The predicted molar refractivity (Wildman–Crippen MR) is 136 cm³/mol. The average Bonchev–Trinajstić information content (AvgIpc) is 3.28. The molecule has 0 radical (unpaired) electrons. The van der Waals surface area contributed by atoms with Crippen LogP contribution in [0.5, 0.6) is 0 Å². The second kappa shape index (κ2) is 14.1. The van der Waals surface area contributed by atoms with E-state index < -0.39 is 0 Å². The third-order valence-electron chi connectivity index (χ3n) is 5.62. The molecule has 8 heteroatoms. The molecule has 1 aromatic heterocycles. The number of nitrogens with zero attached hydrogens (tertiary/aromatic N) is 3. The molecule has 2 aromatic rings. The molecule has 1 fully saturated rings. The SMILES string of the molecule is CN=C(NCCNC(=O)CC1CCCCC1)NCc1ccccc1Cn1cccn1.I. The Kier molecular flexibility index (Phi) is 11.4. The van der Waals surface area contributed by atoms with Crippen LogP contribution in [0.1, 0.15) is 49.7 Å². The number of hydrogen-bond donors (Lipinski definition) is 3. The fourth-order valence-corrected chi connectivity index (χ4v) is 3.96. The van der Waals surface area contributed by atoms with Gasteiger partial charge in [0.15, 0.2) is 5.96 Å². The monoisotopic (exact) mass is 538 g/mol. The Balaban J connectivity index is 0.00000341. The summed E-state index contributed by atoms with van der Waals surface area (Å²) >= 11 is 0. The van der Waals surface area contributed by atoms with Crippen LogP contribution in [-0.2, 0) is 17.9 Å². The van der Waals surface area contributed by atoms with E-state index in [0.717, 1.165) is 12.5 Å². The van der Waals surface area contributed by atoms with Gasteiger partial charge in [-0.25, -0.2) is 0 Å². The molecule has 0 spiro atoms. The first-order valence-electron chi connectivity index (χ1n) is 11.0. The highest BCUT2D eigenvalue weighted by Gasteiger charge is 2.16. The Labute approximate surface area is 202 Å². The number of benzene rings is 1. The van der Waals surface area contributed by atoms with Crippen LogP contribution < -0.4 is 16.0 Å². The van der Waals surface area contributed by atoms with Crippen LogP contribution in [0.15, 0.2) is 47.7 Å². The van der Waals surface area contributed by atoms with E-state index in [0.29, 0.717) is 32.0 Å². The standard InChI is InChI=1S/C23H34N6O.HI/c1-24-23(26-14-13-25-22(30)16-19-8-3-2-4-9-19)27-17-20-10-5-6-11-21(20)18-29-15-7-12-28-29;/h5-7,10-12,15,19H,2-4,8-9,13-14,16-18H2,1H3,(H,25,30)(H2,24,26,27);1H. The van der Waals surface area contributed by atoms with Crippen molar-refractivity contribution in [2.75, 3.05) is 20.1 Å². The zero-order valence-electron chi connectivity index (χ0n) is 18.3. The van der Waals surface area contributed by atoms with Crippen LogP contribution >= 0.6 is 24.0 Å². The quantitative estimate of drug-likeness (QED) is 0.198. The topological polar surface area (TPSA) is 83.3 Å². The van der Waals surface area contributed by atoms with Crippen LogP contribution in [0.4, 0.5) is 0 Å². The van der Waals surface area contributed by atoms with Crippen LogP contribution in [0, 0.1) is 5.92 Å². The summed E-state index contributed by atoms with van der Waals surface area (Å²) in [5, 5.41) is 13.9. The zero-order chi connectivity index (χ0) is 21.0. The van der Waals surface area contributed by atoms with E-state index in [4.69, 9.17) is 0 Å². The first-order chi connectivity index (χ1) is 14.7. The Hall–Kier alpha value is -2.10. The minimum absolute atomic E-state index is 0. The van der Waals surface area contributed by atoms with E-state index in [1.165, 1.54) is 43.2 Å². The molecular weight excluding hydrogens is 503 g/mol. The molecule has 3 N–H and O–H groups in total. The number of nitrogens with one attached hydrogen (secondary N) is 3. The molecule has 1 amide bonds. The third kappa shape index (κ3) is 8.88. The van der Waals surface area contributed by atoms with Crippen molar-refractivity contribution < 1.29 is 4.79 Å². The molecule has 0 atom stereocenters. The van der Waals surface area contributed by atoms with E-state index in [-0.39, 0.29) is 29.9 Å². The van der Waals surface area contributed by atoms with E-state index in [1.807, 2.05) is 29.1 Å². The highest BCUT2D eigenvalue weighted by molar-refractivity contribution is 14.0. The van der Waals surface area contributed by atoms with Gasteiger partial charge in [0.1, 0.15) is 0 Å². The molecule has 1 aliphatic rings. The summed E-state index contributed by atoms with van der Waals surface area (Å²) in [6, 6.07) is 10.3. The lowest BCUT2D eigenvalue weighted by molar-refractivity contribution is -0.122. The van der Waals surface area contributed by atoms with Crippen molar-refractivity contribution in [3.8, 4) is 0 Å². The summed E-state index contributed by atoms with van der Waals surface area (Å²) in [6.07, 6.45) is 10.7. The molecule has 31 heavy (non-hydrogen) atoms. The highest BCUT2D eigenvalue weighted by atomic mass is 127. The van der Waals surface area contributed by atoms with Gasteiger partial charge >= 0.3 is 0 Å². The molecule has 1 aliphatic carbocycles. The average molecular weight is 538 g/mol. The maximum absolute atomic E-state index is 12.1. The van der Waals surface area contributed by atoms with Crippen molar-refractivity contribution in [3.63, 3.8) is 0 Å². The second-order valence-corrected chi connectivity index (χ2v) is 7.88. The van der Waals surface area contributed by atoms with Crippen LogP contribution in [0.2, 0.25) is 0 Å². The number of rotatable bonds is 9. The van der Waals surface area contributed by atoms with Crippen molar-refractivity contribution in [1.82, 2.24) is 25.7 Å². The number of hydrogen-bond acceptors (Lipinski definition) is 3. The summed E-state index contributed by atoms with van der Waals surface area (Å²) < 4.78 is 1.92. The molecule has 1 heterocycles. The van der Waals surface area contributed by atoms with Gasteiger partial charge in [-0.2, -0.15) is 5.10 Å². The predicted octanol–water partition coefficient (Wildman–Crippen LogP) is 3.30. The minimum Gasteiger partial charge on any atom is -0.355 e. The van der Waals surface area contributed by atoms with Crippen LogP contribution in [-0.4, -0.2) is 41.8 Å². The molecular formula is C23H35IN6O. The zero-order valence-corrected chi connectivity index (χ0v) is 20.7.